The third kappa shape index (κ3) is 3.57. The number of nitrogens with two attached hydrogens (primary N) is 1. The molecule has 2 N–H and O–H groups in total. The molecule has 0 heterocycles. The van der Waals surface area contributed by atoms with Crippen LogP contribution >= 0.6 is 0 Å². The molecule has 1 aromatic carbocycles. The van der Waals surface area contributed by atoms with Crippen molar-refractivity contribution in [3.05, 3.63) is 23.5 Å². The summed E-state index contributed by atoms with van der Waals surface area (Å²) in [7, 11) is -3.87. The number of anilines is 1. The highest BCUT2D eigenvalue weighted by atomic mass is 32.2. The number of sulfonamides is 1. The minimum atomic E-state index is -4.71. The molecule has 0 aliphatic heterocycles. The highest BCUT2D eigenvalue weighted by molar-refractivity contribution is 7.89. The number of benzene rings is 1. The Labute approximate surface area is 107 Å². The van der Waals surface area contributed by atoms with Gasteiger partial charge in [-0.25, -0.2) is 12.8 Å². The summed E-state index contributed by atoms with van der Waals surface area (Å²) < 4.78 is 74.1. The van der Waals surface area contributed by atoms with Crippen LogP contribution in [-0.2, 0) is 10.0 Å². The standard InChI is InChI=1S/C10H12F4N2O2S/c1-6-3-7(15)4-8(9(6)11)19(17,18)16(2)5-10(12,13)14/h3-4H,5,15H2,1-2H3. The van der Waals surface area contributed by atoms with Crippen molar-refractivity contribution in [3.63, 3.8) is 0 Å². The average molecular weight is 300 g/mol. The van der Waals surface area contributed by atoms with Crippen LogP contribution in [0.1, 0.15) is 5.56 Å². The Bertz CT molecular complexity index is 584. The van der Waals surface area contributed by atoms with Gasteiger partial charge in [0.1, 0.15) is 17.3 Å². The van der Waals surface area contributed by atoms with Crippen molar-refractivity contribution in [2.24, 2.45) is 0 Å². The van der Waals surface area contributed by atoms with Gasteiger partial charge >= 0.3 is 6.18 Å². The van der Waals surface area contributed by atoms with Gasteiger partial charge in [-0.3, -0.25) is 0 Å². The van der Waals surface area contributed by atoms with Crippen molar-refractivity contribution in [2.45, 2.75) is 18.0 Å². The van der Waals surface area contributed by atoms with Crippen LogP contribution in [0.4, 0.5) is 23.2 Å². The summed E-state index contributed by atoms with van der Waals surface area (Å²) in [6.07, 6.45) is -4.71. The van der Waals surface area contributed by atoms with Crippen LogP contribution in [0.25, 0.3) is 0 Å². The minimum Gasteiger partial charge on any atom is -0.399 e. The molecule has 4 nitrogen and oxygen atoms in total. The smallest absolute Gasteiger partial charge is 0.399 e. The molecular formula is C10H12F4N2O2S. The Morgan fingerprint density at radius 2 is 1.84 bits per heavy atom. The van der Waals surface area contributed by atoms with E-state index in [-0.39, 0.29) is 15.6 Å². The normalized spacial score (nSPS) is 13.0. The Balaban J connectivity index is 3.28. The molecule has 0 aliphatic carbocycles. The van der Waals surface area contributed by atoms with Crippen LogP contribution in [-0.4, -0.2) is 32.5 Å². The molecule has 0 saturated carbocycles. The molecule has 1 rings (SSSR count). The first-order valence-electron chi connectivity index (χ1n) is 5.04. The lowest BCUT2D eigenvalue weighted by Gasteiger charge is -2.19. The quantitative estimate of drug-likeness (QED) is 0.685. The summed E-state index contributed by atoms with van der Waals surface area (Å²) in [6, 6.07) is 1.99. The highest BCUT2D eigenvalue weighted by Gasteiger charge is 2.36. The van der Waals surface area contributed by atoms with Gasteiger partial charge in [-0.15, -0.1) is 0 Å². The van der Waals surface area contributed by atoms with Crippen molar-refractivity contribution in [2.75, 3.05) is 19.3 Å². The fraction of sp³-hybridized carbons (Fsp3) is 0.400. The van der Waals surface area contributed by atoms with E-state index in [0.717, 1.165) is 13.1 Å². The van der Waals surface area contributed by atoms with E-state index in [9.17, 15) is 26.0 Å². The van der Waals surface area contributed by atoms with Crippen molar-refractivity contribution < 1.29 is 26.0 Å². The summed E-state index contributed by atoms with van der Waals surface area (Å²) in [6.45, 7) is -0.433. The van der Waals surface area contributed by atoms with Gasteiger partial charge in [0.15, 0.2) is 0 Å². The molecule has 0 amide bonds. The second-order valence-electron chi connectivity index (χ2n) is 4.03. The van der Waals surface area contributed by atoms with E-state index in [1.165, 1.54) is 13.0 Å². The van der Waals surface area contributed by atoms with Crippen molar-refractivity contribution in [1.29, 1.82) is 0 Å². The maximum Gasteiger partial charge on any atom is 0.402 e. The SMILES string of the molecule is Cc1cc(N)cc(S(=O)(=O)N(C)CC(F)(F)F)c1F. The number of nitrogens with zero attached hydrogens (tertiary/aromatic N) is 1. The van der Waals surface area contributed by atoms with Crippen molar-refractivity contribution in [3.8, 4) is 0 Å². The monoisotopic (exact) mass is 300 g/mol. The first-order chi connectivity index (χ1) is 8.45. The third-order valence-corrected chi connectivity index (χ3v) is 4.14. The maximum atomic E-state index is 13.7. The lowest BCUT2D eigenvalue weighted by molar-refractivity contribution is -0.134. The number of alkyl halides is 3. The Kier molecular flexibility index (Phi) is 4.11. The summed E-state index contributed by atoms with van der Waals surface area (Å²) in [5, 5.41) is 0. The number of aryl methyl sites for hydroxylation is 1. The second-order valence-corrected chi connectivity index (χ2v) is 6.04. The van der Waals surface area contributed by atoms with Gasteiger partial charge in [-0.2, -0.15) is 17.5 Å². The molecule has 0 unspecified atom stereocenters. The first kappa shape index (κ1) is 15.7. The van der Waals surface area contributed by atoms with E-state index < -0.39 is 33.5 Å². The van der Waals surface area contributed by atoms with Gasteiger partial charge < -0.3 is 5.73 Å². The fourth-order valence-electron chi connectivity index (χ4n) is 1.46. The Hall–Kier alpha value is -1.35. The van der Waals surface area contributed by atoms with Crippen LogP contribution in [0.15, 0.2) is 17.0 Å². The fourth-order valence-corrected chi connectivity index (χ4v) is 2.78. The Morgan fingerprint density at radius 3 is 2.32 bits per heavy atom. The summed E-state index contributed by atoms with van der Waals surface area (Å²) in [5.41, 5.74) is 5.28. The molecule has 0 atom stereocenters. The van der Waals surface area contributed by atoms with Crippen LogP contribution in [0.5, 0.6) is 0 Å². The number of hydrogen-bond donors (Lipinski definition) is 1. The third-order valence-electron chi connectivity index (χ3n) is 2.33. The molecular weight excluding hydrogens is 288 g/mol. The summed E-state index contributed by atoms with van der Waals surface area (Å²) >= 11 is 0. The zero-order valence-electron chi connectivity index (χ0n) is 10.1. The Morgan fingerprint density at radius 1 is 1.32 bits per heavy atom. The average Bonchev–Trinajstić information content (AvgIpc) is 2.20. The number of nitrogen functional groups attached to an aromatic ring is 1. The van der Waals surface area contributed by atoms with Crippen molar-refractivity contribution >= 4 is 15.7 Å². The van der Waals surface area contributed by atoms with E-state index in [1.54, 1.807) is 0 Å². The zero-order chi connectivity index (χ0) is 15.0. The van der Waals surface area contributed by atoms with E-state index in [4.69, 9.17) is 5.73 Å². The lowest BCUT2D eigenvalue weighted by Crippen LogP contribution is -2.36. The minimum absolute atomic E-state index is 0.0320. The molecule has 1 aromatic rings. The molecule has 19 heavy (non-hydrogen) atoms. The predicted molar refractivity (Wildman–Crippen MR) is 61.4 cm³/mol. The molecule has 0 aromatic heterocycles. The summed E-state index contributed by atoms with van der Waals surface area (Å²) in [5.74, 6) is -1.11. The molecule has 0 saturated heterocycles. The van der Waals surface area contributed by atoms with Gasteiger partial charge in [0.05, 0.1) is 0 Å². The van der Waals surface area contributed by atoms with Crippen LogP contribution < -0.4 is 5.73 Å². The number of halogens is 4. The summed E-state index contributed by atoms with van der Waals surface area (Å²) in [4.78, 5) is -0.864. The van der Waals surface area contributed by atoms with Crippen LogP contribution in [0, 0.1) is 12.7 Å². The van der Waals surface area contributed by atoms with Crippen LogP contribution in [0.3, 0.4) is 0 Å². The van der Waals surface area contributed by atoms with E-state index >= 15 is 0 Å². The molecule has 9 heteroatoms. The van der Waals surface area contributed by atoms with E-state index in [0.29, 0.717) is 0 Å². The molecule has 0 spiro atoms. The molecule has 0 bridgehead atoms. The van der Waals surface area contributed by atoms with Gasteiger partial charge in [0, 0.05) is 12.7 Å². The van der Waals surface area contributed by atoms with E-state index in [2.05, 4.69) is 0 Å². The van der Waals surface area contributed by atoms with Gasteiger partial charge in [0.25, 0.3) is 0 Å². The molecule has 0 radical (unpaired) electrons. The van der Waals surface area contributed by atoms with Gasteiger partial charge in [-0.05, 0) is 24.6 Å². The largest absolute Gasteiger partial charge is 0.402 e. The number of rotatable bonds is 3. The van der Waals surface area contributed by atoms with Gasteiger partial charge in [-0.1, -0.05) is 0 Å². The maximum absolute atomic E-state index is 13.7. The lowest BCUT2D eigenvalue weighted by atomic mass is 10.2. The number of hydrogen-bond acceptors (Lipinski definition) is 3. The highest BCUT2D eigenvalue weighted by Crippen LogP contribution is 2.26. The van der Waals surface area contributed by atoms with Crippen molar-refractivity contribution in [1.82, 2.24) is 4.31 Å². The van der Waals surface area contributed by atoms with Gasteiger partial charge in [0.2, 0.25) is 10.0 Å². The van der Waals surface area contributed by atoms with E-state index in [1.807, 2.05) is 0 Å². The van der Waals surface area contributed by atoms with Crippen LogP contribution in [0.2, 0.25) is 0 Å². The predicted octanol–water partition coefficient (Wildman–Crippen LogP) is 1.90. The molecule has 0 aliphatic rings. The zero-order valence-corrected chi connectivity index (χ0v) is 10.9. The molecule has 0 fully saturated rings. The second kappa shape index (κ2) is 4.97. The molecule has 108 valence electrons. The first-order valence-corrected chi connectivity index (χ1v) is 6.48. The topological polar surface area (TPSA) is 63.4 Å².